The molecule has 2 aliphatic rings. The van der Waals surface area contributed by atoms with Crippen molar-refractivity contribution in [2.45, 2.75) is 36.3 Å². The first-order chi connectivity index (χ1) is 9.88. The SMILES string of the molecule is Nc1cc(S(=O)(=O)NC2CCOC2C2CC2)c(F)cc1F. The molecule has 0 radical (unpaired) electrons. The van der Waals surface area contributed by atoms with Gasteiger partial charge in [0.2, 0.25) is 10.0 Å². The van der Waals surface area contributed by atoms with Gasteiger partial charge in [0.15, 0.2) is 0 Å². The Balaban J connectivity index is 1.85. The number of sulfonamides is 1. The highest BCUT2D eigenvalue weighted by Gasteiger charge is 2.42. The van der Waals surface area contributed by atoms with Crippen molar-refractivity contribution in [2.24, 2.45) is 5.92 Å². The molecule has 8 heteroatoms. The number of ether oxygens (including phenoxy) is 1. The first-order valence-corrected chi connectivity index (χ1v) is 8.25. The molecule has 1 aliphatic heterocycles. The van der Waals surface area contributed by atoms with Crippen molar-refractivity contribution in [1.29, 1.82) is 0 Å². The first kappa shape index (κ1) is 14.7. The summed E-state index contributed by atoms with van der Waals surface area (Å²) in [4.78, 5) is -0.636. The molecule has 21 heavy (non-hydrogen) atoms. The molecule has 1 heterocycles. The van der Waals surface area contributed by atoms with Crippen LogP contribution in [0.2, 0.25) is 0 Å². The summed E-state index contributed by atoms with van der Waals surface area (Å²) >= 11 is 0. The fraction of sp³-hybridized carbons (Fsp3) is 0.538. The second-order valence-corrected chi connectivity index (χ2v) is 7.18. The van der Waals surface area contributed by atoms with Gasteiger partial charge < -0.3 is 10.5 Å². The number of nitrogen functional groups attached to an aromatic ring is 1. The monoisotopic (exact) mass is 318 g/mol. The molecule has 0 amide bonds. The molecule has 0 aromatic heterocycles. The largest absolute Gasteiger partial charge is 0.396 e. The standard InChI is InChI=1S/C13H16F2N2O3S/c14-8-5-9(15)12(6-10(8)16)21(18,19)17-11-3-4-20-13(11)7-1-2-7/h5-7,11,13,17H,1-4,16H2. The van der Waals surface area contributed by atoms with Crippen LogP contribution in [0.15, 0.2) is 17.0 Å². The van der Waals surface area contributed by atoms with Gasteiger partial charge in [0.05, 0.1) is 17.8 Å². The molecular weight excluding hydrogens is 302 g/mol. The average Bonchev–Trinajstić information content (AvgIpc) is 3.14. The Morgan fingerprint density at radius 3 is 2.57 bits per heavy atom. The number of anilines is 1. The molecule has 3 N–H and O–H groups in total. The van der Waals surface area contributed by atoms with Crippen LogP contribution in [-0.4, -0.2) is 27.2 Å². The molecule has 1 aromatic carbocycles. The first-order valence-electron chi connectivity index (χ1n) is 6.77. The topological polar surface area (TPSA) is 81.4 Å². The summed E-state index contributed by atoms with van der Waals surface area (Å²) in [7, 11) is -4.10. The van der Waals surface area contributed by atoms with Crippen LogP contribution in [0.4, 0.5) is 14.5 Å². The van der Waals surface area contributed by atoms with Gasteiger partial charge in [-0.2, -0.15) is 0 Å². The molecule has 5 nitrogen and oxygen atoms in total. The summed E-state index contributed by atoms with van der Waals surface area (Å²) in [6.07, 6.45) is 2.40. The summed E-state index contributed by atoms with van der Waals surface area (Å²) in [5.74, 6) is -1.77. The minimum absolute atomic E-state index is 0.166. The van der Waals surface area contributed by atoms with Crippen LogP contribution in [0.5, 0.6) is 0 Å². The highest BCUT2D eigenvalue weighted by Crippen LogP contribution is 2.39. The average molecular weight is 318 g/mol. The van der Waals surface area contributed by atoms with E-state index in [2.05, 4.69) is 4.72 Å². The highest BCUT2D eigenvalue weighted by atomic mass is 32.2. The van der Waals surface area contributed by atoms with Crippen molar-refractivity contribution in [3.63, 3.8) is 0 Å². The Labute approximate surface area is 121 Å². The maximum Gasteiger partial charge on any atom is 0.243 e. The second-order valence-electron chi connectivity index (χ2n) is 5.49. The predicted molar refractivity (Wildman–Crippen MR) is 72.0 cm³/mol. The summed E-state index contributed by atoms with van der Waals surface area (Å²) in [5, 5.41) is 0. The molecule has 1 saturated heterocycles. The van der Waals surface area contributed by atoms with E-state index in [1.807, 2.05) is 0 Å². The Kier molecular flexibility index (Phi) is 3.62. The lowest BCUT2D eigenvalue weighted by molar-refractivity contribution is 0.0848. The molecule has 1 saturated carbocycles. The van der Waals surface area contributed by atoms with E-state index in [1.165, 1.54) is 0 Å². The maximum absolute atomic E-state index is 13.7. The van der Waals surface area contributed by atoms with E-state index in [-0.39, 0.29) is 12.1 Å². The zero-order valence-electron chi connectivity index (χ0n) is 11.2. The second kappa shape index (κ2) is 5.19. The number of halogens is 2. The van der Waals surface area contributed by atoms with E-state index in [1.54, 1.807) is 0 Å². The van der Waals surface area contributed by atoms with Gasteiger partial charge in [0.25, 0.3) is 0 Å². The van der Waals surface area contributed by atoms with Crippen LogP contribution in [0, 0.1) is 17.6 Å². The number of rotatable bonds is 4. The van der Waals surface area contributed by atoms with Crippen molar-refractivity contribution in [3.8, 4) is 0 Å². The van der Waals surface area contributed by atoms with Crippen LogP contribution >= 0.6 is 0 Å². The van der Waals surface area contributed by atoms with Gasteiger partial charge in [-0.25, -0.2) is 21.9 Å². The maximum atomic E-state index is 13.7. The third-order valence-corrected chi connectivity index (χ3v) is 5.37. The number of nitrogens with one attached hydrogen (secondary N) is 1. The predicted octanol–water partition coefficient (Wildman–Crippen LogP) is 1.39. The lowest BCUT2D eigenvalue weighted by atomic mass is 10.1. The van der Waals surface area contributed by atoms with Gasteiger partial charge >= 0.3 is 0 Å². The smallest absolute Gasteiger partial charge is 0.243 e. The number of nitrogens with two attached hydrogens (primary N) is 1. The molecular formula is C13H16F2N2O3S. The number of hydrogen-bond donors (Lipinski definition) is 2. The van der Waals surface area contributed by atoms with E-state index in [0.29, 0.717) is 25.0 Å². The summed E-state index contributed by atoms with van der Waals surface area (Å²) in [6, 6.07) is 0.899. The van der Waals surface area contributed by atoms with Gasteiger partial charge in [0, 0.05) is 12.7 Å². The zero-order valence-corrected chi connectivity index (χ0v) is 12.0. The fourth-order valence-corrected chi connectivity index (χ4v) is 4.02. The third-order valence-electron chi connectivity index (χ3n) is 3.87. The molecule has 2 fully saturated rings. The molecule has 1 aliphatic carbocycles. The van der Waals surface area contributed by atoms with E-state index in [0.717, 1.165) is 18.9 Å². The Morgan fingerprint density at radius 1 is 1.19 bits per heavy atom. The van der Waals surface area contributed by atoms with Crippen molar-refractivity contribution in [3.05, 3.63) is 23.8 Å². The van der Waals surface area contributed by atoms with Crippen LogP contribution in [-0.2, 0) is 14.8 Å². The van der Waals surface area contributed by atoms with Gasteiger partial charge in [-0.15, -0.1) is 0 Å². The zero-order chi connectivity index (χ0) is 15.2. The van der Waals surface area contributed by atoms with Crippen LogP contribution in [0.1, 0.15) is 19.3 Å². The number of benzene rings is 1. The van der Waals surface area contributed by atoms with Crippen molar-refractivity contribution in [2.75, 3.05) is 12.3 Å². The van der Waals surface area contributed by atoms with E-state index >= 15 is 0 Å². The van der Waals surface area contributed by atoms with Crippen LogP contribution in [0.3, 0.4) is 0 Å². The lowest BCUT2D eigenvalue weighted by Crippen LogP contribution is -2.41. The highest BCUT2D eigenvalue weighted by molar-refractivity contribution is 7.89. The molecule has 0 bridgehead atoms. The van der Waals surface area contributed by atoms with Crippen LogP contribution in [0.25, 0.3) is 0 Å². The minimum Gasteiger partial charge on any atom is -0.396 e. The summed E-state index contributed by atoms with van der Waals surface area (Å²) in [5.41, 5.74) is 4.92. The third kappa shape index (κ3) is 2.88. The van der Waals surface area contributed by atoms with E-state index < -0.39 is 32.2 Å². The minimum atomic E-state index is -4.10. The van der Waals surface area contributed by atoms with Gasteiger partial charge in [-0.3, -0.25) is 0 Å². The molecule has 3 rings (SSSR count). The summed E-state index contributed by atoms with van der Waals surface area (Å²) < 4.78 is 59.4. The summed E-state index contributed by atoms with van der Waals surface area (Å²) in [6.45, 7) is 0.475. The van der Waals surface area contributed by atoms with Crippen molar-refractivity contribution < 1.29 is 21.9 Å². The Hall–Kier alpha value is -1.25. The normalized spacial score (nSPS) is 26.2. The van der Waals surface area contributed by atoms with E-state index in [9.17, 15) is 17.2 Å². The fourth-order valence-electron chi connectivity index (χ4n) is 2.64. The van der Waals surface area contributed by atoms with Gasteiger partial charge in [0.1, 0.15) is 16.5 Å². The van der Waals surface area contributed by atoms with Gasteiger partial charge in [-0.05, 0) is 31.2 Å². The quantitative estimate of drug-likeness (QED) is 0.822. The molecule has 2 atom stereocenters. The van der Waals surface area contributed by atoms with Crippen molar-refractivity contribution >= 4 is 15.7 Å². The van der Waals surface area contributed by atoms with Crippen molar-refractivity contribution in [1.82, 2.24) is 4.72 Å². The van der Waals surface area contributed by atoms with E-state index in [4.69, 9.17) is 10.5 Å². The number of hydrogen-bond acceptors (Lipinski definition) is 4. The molecule has 116 valence electrons. The molecule has 2 unspecified atom stereocenters. The Bertz CT molecular complexity index is 662. The lowest BCUT2D eigenvalue weighted by Gasteiger charge is -2.19. The molecule has 0 spiro atoms. The van der Waals surface area contributed by atoms with Gasteiger partial charge in [-0.1, -0.05) is 0 Å². The molecule has 1 aromatic rings. The Morgan fingerprint density at radius 2 is 1.90 bits per heavy atom. The van der Waals surface area contributed by atoms with Crippen LogP contribution < -0.4 is 10.5 Å².